The van der Waals surface area contributed by atoms with Crippen LogP contribution in [0.1, 0.15) is 0 Å². The monoisotopic (exact) mass is 253 g/mol. The van der Waals surface area contributed by atoms with Crippen LogP contribution in [-0.2, 0) is 13.1 Å². The van der Waals surface area contributed by atoms with Gasteiger partial charge in [-0.15, -0.1) is 0 Å². The Morgan fingerprint density at radius 1 is 1.05 bits per heavy atom. The lowest BCUT2D eigenvalue weighted by Crippen LogP contribution is -2.50. The van der Waals surface area contributed by atoms with E-state index in [1.165, 1.54) is 0 Å². The van der Waals surface area contributed by atoms with E-state index in [-0.39, 0.29) is 10.6 Å². The summed E-state index contributed by atoms with van der Waals surface area (Å²) in [6.45, 7) is 1.74. The zero-order valence-corrected chi connectivity index (χ0v) is 10.1. The van der Waals surface area contributed by atoms with Crippen LogP contribution in [0.3, 0.4) is 0 Å². The van der Waals surface area contributed by atoms with Crippen molar-refractivity contribution < 1.29 is 14.1 Å². The fourth-order valence-corrected chi connectivity index (χ4v) is 2.94. The maximum absolute atomic E-state index is 11.3. The molecule has 0 saturated heterocycles. The molecule has 0 spiro atoms. The van der Waals surface area contributed by atoms with Crippen LogP contribution < -0.4 is 9.13 Å². The molecule has 4 rings (SSSR count). The summed E-state index contributed by atoms with van der Waals surface area (Å²) in [6, 6.07) is 9.24. The van der Waals surface area contributed by atoms with E-state index < -0.39 is 0 Å². The maximum atomic E-state index is 11.3. The smallest absolute Gasteiger partial charge is 0.258 e. The summed E-state index contributed by atoms with van der Waals surface area (Å²) in [5.41, 5.74) is 2.21. The molecule has 2 aromatic heterocycles. The SMILES string of the molecule is O=[N+]([O-])c1cc2ccc[n+]3c2c2c1ccc[n+]2CC3. The summed E-state index contributed by atoms with van der Waals surface area (Å²) in [5.74, 6) is 0. The molecule has 0 saturated carbocycles. The van der Waals surface area contributed by atoms with Crippen LogP contribution in [0.2, 0.25) is 0 Å². The Morgan fingerprint density at radius 3 is 2.47 bits per heavy atom. The summed E-state index contributed by atoms with van der Waals surface area (Å²) in [5, 5.41) is 12.9. The number of nitrogens with zero attached hydrogens (tertiary/aromatic N) is 3. The molecule has 1 aromatic carbocycles. The molecule has 0 bridgehead atoms. The zero-order valence-electron chi connectivity index (χ0n) is 10.1. The predicted octanol–water partition coefficient (Wildman–Crippen LogP) is 1.49. The molecule has 0 fully saturated rings. The number of aromatic nitrogens is 2. The molecule has 92 valence electrons. The van der Waals surface area contributed by atoms with Crippen molar-refractivity contribution in [3.63, 3.8) is 0 Å². The Bertz CT molecular complexity index is 858. The summed E-state index contributed by atoms with van der Waals surface area (Å²) in [7, 11) is 0. The molecule has 0 unspecified atom stereocenters. The molecule has 1 aliphatic heterocycles. The fraction of sp³-hybridized carbons (Fsp3) is 0.143. The standard InChI is InChI=1S/C14H11N3O2/c18-17(19)12-9-10-3-1-5-15-7-8-16-6-2-4-11(12)14(16)13(10)15/h1-6,9H,7-8H2/q+2. The van der Waals surface area contributed by atoms with Gasteiger partial charge in [-0.05, 0) is 12.1 Å². The lowest BCUT2D eigenvalue weighted by molar-refractivity contribution is -0.771. The number of hydrogen-bond acceptors (Lipinski definition) is 2. The molecule has 19 heavy (non-hydrogen) atoms. The molecule has 0 radical (unpaired) electrons. The van der Waals surface area contributed by atoms with Gasteiger partial charge in [0.05, 0.1) is 10.3 Å². The predicted molar refractivity (Wildman–Crippen MR) is 68.5 cm³/mol. The average molecular weight is 253 g/mol. The number of aryl methyl sites for hydroxylation is 2. The van der Waals surface area contributed by atoms with E-state index in [1.807, 2.05) is 36.7 Å². The first-order chi connectivity index (χ1) is 9.25. The molecule has 0 atom stereocenters. The number of rotatable bonds is 1. The average Bonchev–Trinajstić information content (AvgIpc) is 2.44. The van der Waals surface area contributed by atoms with E-state index in [9.17, 15) is 10.1 Å². The van der Waals surface area contributed by atoms with Gasteiger partial charge in [0.15, 0.2) is 12.4 Å². The van der Waals surface area contributed by atoms with Gasteiger partial charge in [-0.1, -0.05) is 0 Å². The van der Waals surface area contributed by atoms with Crippen molar-refractivity contribution in [2.75, 3.05) is 0 Å². The molecule has 3 heterocycles. The number of nitro groups is 1. The molecule has 0 aliphatic carbocycles. The minimum atomic E-state index is -0.301. The number of nitro benzene ring substituents is 1. The third-order valence-corrected chi connectivity index (χ3v) is 3.74. The van der Waals surface area contributed by atoms with Crippen LogP contribution in [0.25, 0.3) is 21.8 Å². The number of benzene rings is 1. The highest BCUT2D eigenvalue weighted by molar-refractivity contribution is 6.04. The second kappa shape index (κ2) is 3.47. The summed E-state index contributed by atoms with van der Waals surface area (Å²) in [4.78, 5) is 11.0. The number of pyridine rings is 2. The van der Waals surface area contributed by atoms with Gasteiger partial charge in [-0.25, -0.2) is 0 Å². The van der Waals surface area contributed by atoms with E-state index in [2.05, 4.69) is 9.13 Å². The van der Waals surface area contributed by atoms with Gasteiger partial charge in [-0.3, -0.25) is 10.1 Å². The lowest BCUT2D eigenvalue weighted by atomic mass is 10.1. The maximum Gasteiger partial charge on any atom is 0.292 e. The topological polar surface area (TPSA) is 50.9 Å². The van der Waals surface area contributed by atoms with Gasteiger partial charge in [0.25, 0.3) is 16.7 Å². The van der Waals surface area contributed by atoms with Crippen molar-refractivity contribution in [3.8, 4) is 0 Å². The van der Waals surface area contributed by atoms with Crippen LogP contribution >= 0.6 is 0 Å². The summed E-state index contributed by atoms with van der Waals surface area (Å²) < 4.78 is 4.27. The van der Waals surface area contributed by atoms with Crippen molar-refractivity contribution in [3.05, 3.63) is 52.8 Å². The van der Waals surface area contributed by atoms with Gasteiger partial charge in [0, 0.05) is 18.2 Å². The van der Waals surface area contributed by atoms with Gasteiger partial charge in [0.1, 0.15) is 5.39 Å². The molecule has 0 amide bonds. The highest BCUT2D eigenvalue weighted by atomic mass is 16.6. The van der Waals surface area contributed by atoms with Crippen LogP contribution in [0.4, 0.5) is 5.69 Å². The Labute approximate surface area is 108 Å². The van der Waals surface area contributed by atoms with Crippen molar-refractivity contribution in [1.82, 2.24) is 0 Å². The number of non-ortho nitro benzene ring substituents is 1. The Balaban J connectivity index is 2.35. The molecule has 3 aromatic rings. The normalized spacial score (nSPS) is 13.3. The summed E-state index contributed by atoms with van der Waals surface area (Å²) >= 11 is 0. The highest BCUT2D eigenvalue weighted by Crippen LogP contribution is 2.30. The third kappa shape index (κ3) is 1.29. The molecule has 1 aliphatic rings. The summed E-state index contributed by atoms with van der Waals surface area (Å²) in [6.07, 6.45) is 4.02. The Kier molecular flexibility index (Phi) is 1.90. The minimum absolute atomic E-state index is 0.177. The first kappa shape index (κ1) is 10.4. The number of hydrogen-bond donors (Lipinski definition) is 0. The van der Waals surface area contributed by atoms with E-state index in [0.717, 1.165) is 29.5 Å². The van der Waals surface area contributed by atoms with E-state index in [4.69, 9.17) is 0 Å². The van der Waals surface area contributed by atoms with Crippen molar-refractivity contribution >= 4 is 27.5 Å². The van der Waals surface area contributed by atoms with Crippen LogP contribution in [-0.4, -0.2) is 4.92 Å². The van der Waals surface area contributed by atoms with E-state index in [0.29, 0.717) is 5.39 Å². The first-order valence-electron chi connectivity index (χ1n) is 6.17. The Morgan fingerprint density at radius 2 is 1.74 bits per heavy atom. The Hall–Kier alpha value is -2.56. The van der Waals surface area contributed by atoms with Gasteiger partial charge < -0.3 is 0 Å². The van der Waals surface area contributed by atoms with Crippen LogP contribution in [0, 0.1) is 10.1 Å². The molecule has 5 heteroatoms. The van der Waals surface area contributed by atoms with Gasteiger partial charge in [0.2, 0.25) is 13.1 Å². The minimum Gasteiger partial charge on any atom is -0.258 e. The highest BCUT2D eigenvalue weighted by Gasteiger charge is 2.31. The molecule has 0 N–H and O–H groups in total. The third-order valence-electron chi connectivity index (χ3n) is 3.74. The van der Waals surface area contributed by atoms with E-state index >= 15 is 0 Å². The second-order valence-corrected chi connectivity index (χ2v) is 4.76. The quantitative estimate of drug-likeness (QED) is 0.285. The van der Waals surface area contributed by atoms with Crippen molar-refractivity contribution in [2.45, 2.75) is 13.1 Å². The zero-order chi connectivity index (χ0) is 13.0. The lowest BCUT2D eigenvalue weighted by Gasteiger charge is -2.08. The van der Waals surface area contributed by atoms with Gasteiger partial charge >= 0.3 is 0 Å². The van der Waals surface area contributed by atoms with Gasteiger partial charge in [-0.2, -0.15) is 9.13 Å². The van der Waals surface area contributed by atoms with Crippen molar-refractivity contribution in [1.29, 1.82) is 0 Å². The fourth-order valence-electron chi connectivity index (χ4n) is 2.94. The second-order valence-electron chi connectivity index (χ2n) is 4.76. The molecular weight excluding hydrogens is 242 g/mol. The van der Waals surface area contributed by atoms with Crippen LogP contribution in [0.5, 0.6) is 0 Å². The molecule has 5 nitrogen and oxygen atoms in total. The van der Waals surface area contributed by atoms with Crippen molar-refractivity contribution in [2.24, 2.45) is 0 Å². The largest absolute Gasteiger partial charge is 0.292 e. The molecular formula is C14H11N3O2+2. The van der Waals surface area contributed by atoms with E-state index in [1.54, 1.807) is 6.07 Å². The van der Waals surface area contributed by atoms with Crippen LogP contribution in [0.15, 0.2) is 42.7 Å². The first-order valence-corrected chi connectivity index (χ1v) is 6.17.